The van der Waals surface area contributed by atoms with E-state index < -0.39 is 16.0 Å². The molecule has 0 aromatic heterocycles. The Morgan fingerprint density at radius 2 is 1.90 bits per heavy atom. The van der Waals surface area contributed by atoms with Crippen molar-refractivity contribution in [2.45, 2.75) is 49.5 Å². The number of benzene rings is 1. The number of carbonyl (C=O) groups excluding carboxylic acids is 2. The Balaban J connectivity index is 1.67. The van der Waals surface area contributed by atoms with Crippen molar-refractivity contribution in [2.75, 3.05) is 27.3 Å². The van der Waals surface area contributed by atoms with Crippen LogP contribution >= 0.6 is 0 Å². The molecule has 1 aromatic rings. The molecule has 0 spiro atoms. The number of esters is 1. The molecule has 2 atom stereocenters. The number of hydrogen-bond acceptors (Lipinski definition) is 6. The minimum Gasteiger partial charge on any atom is -0.495 e. The predicted octanol–water partition coefficient (Wildman–Crippen LogP) is 1.94. The quantitative estimate of drug-likeness (QED) is 0.700. The summed E-state index contributed by atoms with van der Waals surface area (Å²) < 4.78 is 36.8. The molecule has 9 heteroatoms. The highest BCUT2D eigenvalue weighted by molar-refractivity contribution is 7.89. The van der Waals surface area contributed by atoms with Crippen molar-refractivity contribution >= 4 is 21.9 Å². The van der Waals surface area contributed by atoms with Gasteiger partial charge in [0.25, 0.3) is 5.91 Å². The molecule has 1 aliphatic carbocycles. The number of hydrogen-bond donors (Lipinski definition) is 1. The number of carbonyl (C=O) groups is 2. The topological polar surface area (TPSA) is 102 Å². The maximum absolute atomic E-state index is 12.7. The standard InChI is InChI=1S/C20H28N2O6S/c1-21-29(25,26)18-12-15(9-10-17(18)27-2)20(24)28-13-19(23)22-11-5-7-14-6-3-4-8-16(14)22/h9-10,12,14,16,21H,3-8,11,13H2,1-2H3/t14-,16-/m1/s1. The average Bonchev–Trinajstić information content (AvgIpc) is 2.76. The van der Waals surface area contributed by atoms with Gasteiger partial charge in [-0.2, -0.15) is 0 Å². The fourth-order valence-electron chi connectivity index (χ4n) is 4.35. The molecule has 1 saturated heterocycles. The van der Waals surface area contributed by atoms with E-state index >= 15 is 0 Å². The van der Waals surface area contributed by atoms with Crippen molar-refractivity contribution in [2.24, 2.45) is 5.92 Å². The number of nitrogens with one attached hydrogen (secondary N) is 1. The van der Waals surface area contributed by atoms with Gasteiger partial charge in [-0.1, -0.05) is 12.8 Å². The molecule has 1 saturated carbocycles. The van der Waals surface area contributed by atoms with Crippen molar-refractivity contribution in [3.05, 3.63) is 23.8 Å². The summed E-state index contributed by atoms with van der Waals surface area (Å²) in [6, 6.07) is 4.24. The number of piperidine rings is 1. The number of fused-ring (bicyclic) bond motifs is 1. The van der Waals surface area contributed by atoms with Gasteiger partial charge in [-0.25, -0.2) is 17.9 Å². The van der Waals surface area contributed by atoms with Gasteiger partial charge in [0.15, 0.2) is 6.61 Å². The van der Waals surface area contributed by atoms with E-state index in [-0.39, 0.29) is 34.8 Å². The molecule has 8 nitrogen and oxygen atoms in total. The molecule has 1 N–H and O–H groups in total. The third kappa shape index (κ3) is 4.72. The first-order valence-electron chi connectivity index (χ1n) is 9.95. The van der Waals surface area contributed by atoms with Crippen molar-refractivity contribution in [3.63, 3.8) is 0 Å². The molecule has 0 unspecified atom stereocenters. The fraction of sp³-hybridized carbons (Fsp3) is 0.600. The first kappa shape index (κ1) is 21.6. The highest BCUT2D eigenvalue weighted by atomic mass is 32.2. The number of rotatable bonds is 6. The first-order valence-corrected chi connectivity index (χ1v) is 11.4. The highest BCUT2D eigenvalue weighted by Gasteiger charge is 2.35. The molecule has 3 rings (SSSR count). The van der Waals surface area contributed by atoms with Crippen LogP contribution in [0.4, 0.5) is 0 Å². The molecular weight excluding hydrogens is 396 g/mol. The predicted molar refractivity (Wildman–Crippen MR) is 106 cm³/mol. The molecule has 160 valence electrons. The molecule has 29 heavy (non-hydrogen) atoms. The van der Waals surface area contributed by atoms with E-state index in [0.717, 1.165) is 32.1 Å². The summed E-state index contributed by atoms with van der Waals surface area (Å²) in [6.45, 7) is 0.354. The Bertz CT molecular complexity index is 868. The zero-order valence-electron chi connectivity index (χ0n) is 16.8. The Kier molecular flexibility index (Phi) is 6.79. The summed E-state index contributed by atoms with van der Waals surface area (Å²) in [4.78, 5) is 26.8. The van der Waals surface area contributed by atoms with Gasteiger partial charge in [0.2, 0.25) is 10.0 Å². The van der Waals surface area contributed by atoms with Crippen molar-refractivity contribution in [1.29, 1.82) is 0 Å². The minimum absolute atomic E-state index is 0.0432. The summed E-state index contributed by atoms with van der Waals surface area (Å²) >= 11 is 0. The molecule has 0 bridgehead atoms. The van der Waals surface area contributed by atoms with Crippen LogP contribution in [0.5, 0.6) is 5.75 Å². The lowest BCUT2D eigenvalue weighted by Gasteiger charge is -2.44. The number of amides is 1. The van der Waals surface area contributed by atoms with E-state index in [9.17, 15) is 18.0 Å². The van der Waals surface area contributed by atoms with Crippen LogP contribution in [0.1, 0.15) is 48.9 Å². The van der Waals surface area contributed by atoms with Crippen LogP contribution in [0.2, 0.25) is 0 Å². The van der Waals surface area contributed by atoms with Crippen LogP contribution in [-0.4, -0.2) is 58.5 Å². The Labute approximate surface area is 171 Å². The fourth-order valence-corrected chi connectivity index (χ4v) is 5.27. The van der Waals surface area contributed by atoms with Crippen LogP contribution in [0.3, 0.4) is 0 Å². The third-order valence-corrected chi connectivity index (χ3v) is 7.28. The number of methoxy groups -OCH3 is 1. The van der Waals surface area contributed by atoms with E-state index in [1.807, 2.05) is 4.90 Å². The minimum atomic E-state index is -3.82. The number of likely N-dealkylation sites (tertiary alicyclic amines) is 1. The summed E-state index contributed by atoms with van der Waals surface area (Å²) in [6.07, 6.45) is 6.64. The Hall–Kier alpha value is -2.13. The first-order chi connectivity index (χ1) is 13.9. The lowest BCUT2D eigenvalue weighted by Crippen LogP contribution is -2.50. The van der Waals surface area contributed by atoms with Crippen LogP contribution < -0.4 is 9.46 Å². The summed E-state index contributed by atoms with van der Waals surface area (Å²) in [5.74, 6) is -0.269. The van der Waals surface area contributed by atoms with E-state index in [2.05, 4.69) is 4.72 Å². The van der Waals surface area contributed by atoms with Gasteiger partial charge in [-0.05, 0) is 56.8 Å². The maximum atomic E-state index is 12.7. The highest BCUT2D eigenvalue weighted by Crippen LogP contribution is 2.35. The molecule has 1 amide bonds. The van der Waals surface area contributed by atoms with E-state index in [0.29, 0.717) is 12.5 Å². The SMILES string of the molecule is CNS(=O)(=O)c1cc(C(=O)OCC(=O)N2CCC[C@H]3CCCC[C@H]32)ccc1OC. The number of nitrogens with zero attached hydrogens (tertiary/aromatic N) is 1. The maximum Gasteiger partial charge on any atom is 0.338 e. The normalized spacial score (nSPS) is 21.9. The summed E-state index contributed by atoms with van der Waals surface area (Å²) in [7, 11) is -1.20. The van der Waals surface area contributed by atoms with Crippen molar-refractivity contribution in [3.8, 4) is 5.75 Å². The van der Waals surface area contributed by atoms with Gasteiger partial charge in [0.1, 0.15) is 10.6 Å². The number of ether oxygens (including phenoxy) is 2. The van der Waals surface area contributed by atoms with Crippen LogP contribution in [0.15, 0.2) is 23.1 Å². The zero-order valence-corrected chi connectivity index (χ0v) is 17.7. The molecular formula is C20H28N2O6S. The molecule has 0 radical (unpaired) electrons. The van der Waals surface area contributed by atoms with E-state index in [1.165, 1.54) is 38.8 Å². The lowest BCUT2D eigenvalue weighted by molar-refractivity contribution is -0.140. The second-order valence-electron chi connectivity index (χ2n) is 7.49. The smallest absolute Gasteiger partial charge is 0.338 e. The van der Waals surface area contributed by atoms with Crippen LogP contribution in [0.25, 0.3) is 0 Å². The molecule has 1 aromatic carbocycles. The van der Waals surface area contributed by atoms with Gasteiger partial charge in [-0.3, -0.25) is 4.79 Å². The van der Waals surface area contributed by atoms with Gasteiger partial charge in [0, 0.05) is 12.6 Å². The largest absolute Gasteiger partial charge is 0.495 e. The average molecular weight is 425 g/mol. The van der Waals surface area contributed by atoms with Gasteiger partial charge >= 0.3 is 5.97 Å². The Morgan fingerprint density at radius 1 is 1.17 bits per heavy atom. The van der Waals surface area contributed by atoms with E-state index in [1.54, 1.807) is 0 Å². The Morgan fingerprint density at radius 3 is 2.62 bits per heavy atom. The van der Waals surface area contributed by atoms with Crippen molar-refractivity contribution in [1.82, 2.24) is 9.62 Å². The van der Waals surface area contributed by atoms with E-state index in [4.69, 9.17) is 9.47 Å². The summed E-state index contributed by atoms with van der Waals surface area (Å²) in [5, 5.41) is 0. The number of sulfonamides is 1. The van der Waals surface area contributed by atoms with Crippen LogP contribution in [-0.2, 0) is 19.6 Å². The second-order valence-corrected chi connectivity index (χ2v) is 9.35. The van der Waals surface area contributed by atoms with Gasteiger partial charge < -0.3 is 14.4 Å². The van der Waals surface area contributed by atoms with Crippen LogP contribution in [0, 0.1) is 5.92 Å². The van der Waals surface area contributed by atoms with Gasteiger partial charge in [0.05, 0.1) is 12.7 Å². The molecule has 2 aliphatic rings. The molecule has 1 heterocycles. The second kappa shape index (κ2) is 9.13. The third-order valence-electron chi connectivity index (χ3n) is 5.85. The monoisotopic (exact) mass is 424 g/mol. The zero-order chi connectivity index (χ0) is 21.0. The molecule has 1 aliphatic heterocycles. The van der Waals surface area contributed by atoms with Gasteiger partial charge in [-0.15, -0.1) is 0 Å². The summed E-state index contributed by atoms with van der Waals surface area (Å²) in [5.41, 5.74) is 0.0432. The lowest BCUT2D eigenvalue weighted by atomic mass is 9.78. The van der Waals surface area contributed by atoms with Crippen molar-refractivity contribution < 1.29 is 27.5 Å². The molecule has 2 fully saturated rings.